The first-order valence-electron chi connectivity index (χ1n) is 4.26. The molecule has 2 aromatic heterocycles. The van der Waals surface area contributed by atoms with Crippen LogP contribution in [0, 0.1) is 3.70 Å². The smallest absolute Gasteiger partial charge is 0.335 e. The van der Waals surface area contributed by atoms with Crippen LogP contribution >= 0.6 is 22.6 Å². The number of aromatic amines is 1. The lowest BCUT2D eigenvalue weighted by Gasteiger charge is -1.95. The van der Waals surface area contributed by atoms with Crippen LogP contribution < -0.4 is 33.5 Å². The number of pyridine rings is 1. The minimum Gasteiger partial charge on any atom is -1.00 e. The number of aromatic nitrogens is 3. The molecule has 0 aliphatic rings. The molecule has 0 unspecified atom stereocenters. The highest BCUT2D eigenvalue weighted by molar-refractivity contribution is 14.1. The van der Waals surface area contributed by atoms with Gasteiger partial charge in [0.2, 0.25) is 0 Å². The van der Waals surface area contributed by atoms with Crippen LogP contribution in [-0.4, -0.2) is 4.98 Å². The summed E-state index contributed by atoms with van der Waals surface area (Å²) in [6.07, 6.45) is 5.69. The molecule has 0 aliphatic carbocycles. The van der Waals surface area contributed by atoms with Crippen LogP contribution in [0.5, 0.6) is 0 Å². The van der Waals surface area contributed by atoms with Crippen molar-refractivity contribution in [2.45, 2.75) is 0 Å². The molecule has 0 bridgehead atoms. The average Bonchev–Trinajstić information content (AvgIpc) is 2.23. The van der Waals surface area contributed by atoms with Gasteiger partial charge in [0.15, 0.2) is 6.20 Å². The van der Waals surface area contributed by atoms with E-state index >= 15 is 0 Å². The minimum atomic E-state index is 0. The zero-order valence-electron chi connectivity index (χ0n) is 8.11. The van der Waals surface area contributed by atoms with Gasteiger partial charge in [0, 0.05) is 34.7 Å². The second-order valence-electron chi connectivity index (χ2n) is 2.95. The van der Waals surface area contributed by atoms with Gasteiger partial charge in [-0.15, -0.1) is 0 Å². The summed E-state index contributed by atoms with van der Waals surface area (Å²) in [4.78, 5) is 7.40. The Morgan fingerprint density at radius 2 is 2.20 bits per heavy atom. The van der Waals surface area contributed by atoms with Crippen molar-refractivity contribution in [1.29, 1.82) is 0 Å². The highest BCUT2D eigenvalue weighted by atomic mass is 127. The Morgan fingerprint density at radius 1 is 1.40 bits per heavy atom. The SMILES string of the molecule is C[n+]1cccc(-c2nccc[nH+]2)c1I.[I-]. The molecule has 1 N–H and O–H groups in total. The number of nitrogens with one attached hydrogen (secondary N) is 1. The maximum atomic E-state index is 4.28. The third kappa shape index (κ3) is 2.83. The molecule has 78 valence electrons. The lowest BCUT2D eigenvalue weighted by atomic mass is 10.2. The first-order chi connectivity index (χ1) is 6.79. The van der Waals surface area contributed by atoms with Gasteiger partial charge >= 0.3 is 5.82 Å². The summed E-state index contributed by atoms with van der Waals surface area (Å²) in [6, 6.07) is 5.94. The largest absolute Gasteiger partial charge is 1.00 e. The van der Waals surface area contributed by atoms with E-state index in [0.717, 1.165) is 11.4 Å². The third-order valence-corrected chi connectivity index (χ3v) is 3.31. The normalized spacial score (nSPS) is 9.47. The second kappa shape index (κ2) is 5.69. The average molecular weight is 426 g/mol. The molecule has 0 atom stereocenters. The summed E-state index contributed by atoms with van der Waals surface area (Å²) in [5, 5.41) is 0. The maximum absolute atomic E-state index is 4.28. The van der Waals surface area contributed by atoms with E-state index in [9.17, 15) is 0 Å². The Labute approximate surface area is 119 Å². The molecule has 3 nitrogen and oxygen atoms in total. The van der Waals surface area contributed by atoms with Crippen molar-refractivity contribution < 1.29 is 33.5 Å². The number of rotatable bonds is 1. The fourth-order valence-electron chi connectivity index (χ4n) is 1.24. The van der Waals surface area contributed by atoms with Crippen LogP contribution in [0.1, 0.15) is 0 Å². The van der Waals surface area contributed by atoms with Crippen molar-refractivity contribution in [3.8, 4) is 11.4 Å². The van der Waals surface area contributed by atoms with Crippen LogP contribution in [0.4, 0.5) is 0 Å². The predicted octanol–water partition coefficient (Wildman–Crippen LogP) is -2.00. The fourth-order valence-corrected chi connectivity index (χ4v) is 1.84. The van der Waals surface area contributed by atoms with E-state index in [4.69, 9.17) is 0 Å². The molecule has 0 saturated carbocycles. The van der Waals surface area contributed by atoms with Gasteiger partial charge in [-0.1, -0.05) is 0 Å². The number of nitrogens with zero attached hydrogens (tertiary/aromatic N) is 2. The molecule has 15 heavy (non-hydrogen) atoms. The van der Waals surface area contributed by atoms with E-state index in [1.807, 2.05) is 31.6 Å². The molecule has 0 amide bonds. The zero-order chi connectivity index (χ0) is 9.97. The summed E-state index contributed by atoms with van der Waals surface area (Å²) >= 11 is 2.31. The van der Waals surface area contributed by atoms with Crippen molar-refractivity contribution in [3.63, 3.8) is 0 Å². The number of hydrogen-bond acceptors (Lipinski definition) is 1. The number of H-pyrrole nitrogens is 1. The van der Waals surface area contributed by atoms with Gasteiger partial charge in [-0.05, 0) is 11.1 Å². The van der Waals surface area contributed by atoms with Crippen LogP contribution in [0.2, 0.25) is 0 Å². The van der Waals surface area contributed by atoms with Crippen LogP contribution in [0.25, 0.3) is 11.4 Å². The summed E-state index contributed by atoms with van der Waals surface area (Å²) in [5.74, 6) is 0.896. The molecular weight excluding hydrogens is 416 g/mol. The summed E-state index contributed by atoms with van der Waals surface area (Å²) in [6.45, 7) is 0. The molecule has 2 rings (SSSR count). The Hall–Kier alpha value is -0.310. The summed E-state index contributed by atoms with van der Waals surface area (Å²) in [7, 11) is 2.02. The molecule has 2 aromatic rings. The first kappa shape index (κ1) is 12.8. The Morgan fingerprint density at radius 3 is 2.87 bits per heavy atom. The van der Waals surface area contributed by atoms with E-state index in [1.165, 1.54) is 3.70 Å². The first-order valence-corrected chi connectivity index (χ1v) is 5.34. The quantitative estimate of drug-likeness (QED) is 0.295. The maximum Gasteiger partial charge on any atom is 0.335 e. The van der Waals surface area contributed by atoms with Crippen molar-refractivity contribution in [1.82, 2.24) is 4.98 Å². The number of hydrogen-bond donors (Lipinski definition) is 0. The molecule has 0 fully saturated rings. The highest BCUT2D eigenvalue weighted by Gasteiger charge is 2.17. The lowest BCUT2D eigenvalue weighted by molar-refractivity contribution is -0.683. The van der Waals surface area contributed by atoms with Gasteiger partial charge < -0.3 is 24.0 Å². The van der Waals surface area contributed by atoms with E-state index in [2.05, 4.69) is 43.2 Å². The zero-order valence-corrected chi connectivity index (χ0v) is 12.4. The van der Waals surface area contributed by atoms with Crippen LogP contribution in [0.3, 0.4) is 0 Å². The molecule has 5 heteroatoms. The summed E-state index contributed by atoms with van der Waals surface area (Å²) in [5.41, 5.74) is 1.12. The van der Waals surface area contributed by atoms with E-state index < -0.39 is 0 Å². The Balaban J connectivity index is 0.00000112. The van der Waals surface area contributed by atoms with Crippen LogP contribution in [-0.2, 0) is 7.05 Å². The Bertz CT molecular complexity index is 446. The summed E-state index contributed by atoms with van der Waals surface area (Å²) < 4.78 is 3.23. The van der Waals surface area contributed by atoms with Crippen molar-refractivity contribution >= 4 is 22.6 Å². The van der Waals surface area contributed by atoms with Gasteiger partial charge in [0.25, 0.3) is 3.70 Å². The molecule has 2 heterocycles. The van der Waals surface area contributed by atoms with Gasteiger partial charge in [-0.2, -0.15) is 4.57 Å². The standard InChI is InChI=1S/C10H9IN3.HI/c1-14-7-2-4-8(9(14)11)10-12-5-3-6-13-10;/h2-7H,1H3;1H/q+1;. The van der Waals surface area contributed by atoms with Crippen molar-refractivity contribution in [2.24, 2.45) is 7.05 Å². The minimum absolute atomic E-state index is 0. The molecule has 0 aliphatic heterocycles. The molecule has 0 aromatic carbocycles. The van der Waals surface area contributed by atoms with Gasteiger partial charge in [-0.25, -0.2) is 4.98 Å². The van der Waals surface area contributed by atoms with E-state index in [-0.39, 0.29) is 24.0 Å². The monoisotopic (exact) mass is 426 g/mol. The van der Waals surface area contributed by atoms with Crippen LogP contribution in [0.15, 0.2) is 36.8 Å². The van der Waals surface area contributed by atoms with Gasteiger partial charge in [0.1, 0.15) is 18.8 Å². The van der Waals surface area contributed by atoms with Gasteiger partial charge in [-0.3, -0.25) is 0 Å². The predicted molar refractivity (Wildman–Crippen MR) is 60.1 cm³/mol. The van der Waals surface area contributed by atoms with Crippen molar-refractivity contribution in [3.05, 3.63) is 40.5 Å². The number of aryl methyl sites for hydroxylation is 1. The molecule has 0 saturated heterocycles. The highest BCUT2D eigenvalue weighted by Crippen LogP contribution is 2.15. The molecule has 0 radical (unpaired) electrons. The van der Waals surface area contributed by atoms with E-state index in [1.54, 1.807) is 6.20 Å². The third-order valence-electron chi connectivity index (χ3n) is 1.97. The topological polar surface area (TPSA) is 30.9 Å². The Kier molecular flexibility index (Phi) is 4.84. The van der Waals surface area contributed by atoms with E-state index in [0.29, 0.717) is 0 Å². The number of halogens is 2. The molecular formula is C10H10I2N3+. The second-order valence-corrected chi connectivity index (χ2v) is 3.98. The van der Waals surface area contributed by atoms with Crippen molar-refractivity contribution in [2.75, 3.05) is 0 Å². The van der Waals surface area contributed by atoms with Gasteiger partial charge in [0.05, 0.1) is 6.20 Å². The lowest BCUT2D eigenvalue weighted by Crippen LogP contribution is -3.00. The molecule has 0 spiro atoms. The fraction of sp³-hybridized carbons (Fsp3) is 0.100.